The number of aliphatic hydroxyl groups excluding tert-OH is 1. The Morgan fingerprint density at radius 1 is 1.52 bits per heavy atom. The van der Waals surface area contributed by atoms with Gasteiger partial charge in [-0.1, -0.05) is 11.8 Å². The quantitative estimate of drug-likeness (QED) is 0.215. The Labute approximate surface area is 175 Å². The van der Waals surface area contributed by atoms with Crippen LogP contribution in [0.1, 0.15) is 6.23 Å². The number of nitrogens with two attached hydrogens (primary N) is 1. The molecule has 2 fully saturated rings. The summed E-state index contributed by atoms with van der Waals surface area (Å²) >= 11 is 7.90. The number of imidazole rings is 1. The van der Waals surface area contributed by atoms with Crippen LogP contribution in [-0.2, 0) is 25.6 Å². The number of hydrogen-bond donors (Lipinski definition) is 3. The number of fused-ring (bicyclic) bond motifs is 2. The van der Waals surface area contributed by atoms with Gasteiger partial charge in [0.1, 0.15) is 25.0 Å². The number of halogens is 1. The summed E-state index contributed by atoms with van der Waals surface area (Å²) in [4.78, 5) is 34.1. The van der Waals surface area contributed by atoms with Crippen LogP contribution in [0.25, 0.3) is 11.2 Å². The molecule has 2 saturated heterocycles. The molecular weight excluding hydrogens is 452 g/mol. The maximum absolute atomic E-state index is 11.9. The smallest absolute Gasteiger partial charge is 0.780 e. The minimum absolute atomic E-state index is 0. The van der Waals surface area contributed by atoms with Gasteiger partial charge in [-0.15, -0.1) is 0 Å². The van der Waals surface area contributed by atoms with Crippen molar-refractivity contribution in [2.45, 2.75) is 24.5 Å². The molecule has 5 unspecified atom stereocenters. The van der Waals surface area contributed by atoms with E-state index in [0.717, 1.165) is 0 Å². The first-order chi connectivity index (χ1) is 11.3. The van der Waals surface area contributed by atoms with E-state index in [2.05, 4.69) is 42.7 Å². The van der Waals surface area contributed by atoms with Gasteiger partial charge >= 0.3 is 29.6 Å². The zero-order chi connectivity index (χ0) is 17.2. The Hall–Kier alpha value is 0.0800. The Kier molecular flexibility index (Phi) is 5.48. The van der Waals surface area contributed by atoms with Crippen molar-refractivity contribution in [3.8, 4) is 0 Å². The Balaban J connectivity index is 0.00000182. The van der Waals surface area contributed by atoms with Crippen LogP contribution in [0.2, 0.25) is 0 Å². The second-order valence-corrected chi connectivity index (χ2v) is 8.66. The summed E-state index contributed by atoms with van der Waals surface area (Å²) in [6, 6.07) is 0. The van der Waals surface area contributed by atoms with Gasteiger partial charge in [-0.3, -0.25) is 14.3 Å². The number of aromatic nitrogens is 4. The fourth-order valence-electron chi connectivity index (χ4n) is 2.74. The second kappa shape index (κ2) is 6.91. The number of H-pyrrole nitrogens is 1. The molecular formula is C10H10BrN5NaO6PS. The zero-order valence-electron chi connectivity index (χ0n) is 12.7. The molecule has 0 aromatic carbocycles. The molecule has 0 amide bonds. The van der Waals surface area contributed by atoms with Gasteiger partial charge in [-0.05, 0) is 15.9 Å². The monoisotopic (exact) mass is 461 g/mol. The van der Waals surface area contributed by atoms with Crippen molar-refractivity contribution < 1.29 is 53.3 Å². The van der Waals surface area contributed by atoms with E-state index in [1.807, 2.05) is 0 Å². The minimum atomic E-state index is -3.66. The summed E-state index contributed by atoms with van der Waals surface area (Å²) in [5.74, 6) is -0.110. The third kappa shape index (κ3) is 3.36. The van der Waals surface area contributed by atoms with Gasteiger partial charge in [0.15, 0.2) is 22.1 Å². The van der Waals surface area contributed by atoms with Gasteiger partial charge < -0.3 is 29.5 Å². The number of ether oxygens (including phenoxy) is 1. The van der Waals surface area contributed by atoms with Crippen molar-refractivity contribution in [2.75, 3.05) is 12.3 Å². The second-order valence-electron chi connectivity index (χ2n) is 5.24. The van der Waals surface area contributed by atoms with Gasteiger partial charge in [-0.25, -0.2) is 4.98 Å². The molecule has 0 bridgehead atoms. The Morgan fingerprint density at radius 3 is 2.96 bits per heavy atom. The van der Waals surface area contributed by atoms with Crippen molar-refractivity contribution in [3.63, 3.8) is 0 Å². The SMILES string of the molecule is Nc1nc2c(nc(Br)n2C2OC3COP([O-])(=S)OC3C2O)c(=O)[nH]1.[Na+]. The van der Waals surface area contributed by atoms with E-state index < -0.39 is 36.8 Å². The first kappa shape index (κ1) is 19.8. The third-order valence-corrected chi connectivity index (χ3v) is 5.84. The van der Waals surface area contributed by atoms with Crippen LogP contribution >= 0.6 is 22.6 Å². The summed E-state index contributed by atoms with van der Waals surface area (Å²) in [6.45, 7) is -3.74. The first-order valence-corrected chi connectivity index (χ1v) is 10.0. The number of aromatic amines is 1. The van der Waals surface area contributed by atoms with Gasteiger partial charge in [-0.2, -0.15) is 4.98 Å². The third-order valence-electron chi connectivity index (χ3n) is 3.74. The average Bonchev–Trinajstić information content (AvgIpc) is 2.96. The molecule has 4 heterocycles. The number of nitrogen functional groups attached to an aromatic ring is 1. The van der Waals surface area contributed by atoms with Crippen LogP contribution in [0, 0.1) is 0 Å². The van der Waals surface area contributed by atoms with Crippen LogP contribution in [0.15, 0.2) is 9.53 Å². The molecule has 130 valence electrons. The number of nitrogens with zero attached hydrogens (tertiary/aromatic N) is 3. The number of hydrogen-bond acceptors (Lipinski definition) is 10. The molecule has 5 atom stereocenters. The predicted molar refractivity (Wildman–Crippen MR) is 85.3 cm³/mol. The van der Waals surface area contributed by atoms with E-state index >= 15 is 0 Å². The molecule has 2 aliphatic heterocycles. The zero-order valence-corrected chi connectivity index (χ0v) is 18.0. The number of rotatable bonds is 1. The van der Waals surface area contributed by atoms with E-state index in [9.17, 15) is 14.8 Å². The van der Waals surface area contributed by atoms with E-state index in [0.29, 0.717) is 0 Å². The molecule has 0 spiro atoms. The van der Waals surface area contributed by atoms with Gasteiger partial charge in [0, 0.05) is 0 Å². The van der Waals surface area contributed by atoms with E-state index in [4.69, 9.17) is 19.5 Å². The standard InChI is InChI=1S/C10H11BrN5O6PS.Na/c11-9-13-3-6(14-10(12)15-7(3)18)16(9)8-4(17)5-2(21-8)1-20-23(19,24)22-5;/h2,4-5,8,17H,1H2,(H,19,24)(H3,12,14,15,18);/q;+1/p-1. The van der Waals surface area contributed by atoms with Crippen molar-refractivity contribution in [3.05, 3.63) is 15.1 Å². The van der Waals surface area contributed by atoms with Gasteiger partial charge in [0.2, 0.25) is 5.95 Å². The van der Waals surface area contributed by atoms with Gasteiger partial charge in [0.25, 0.3) is 5.56 Å². The topological polar surface area (TPSA) is 161 Å². The molecule has 11 nitrogen and oxygen atoms in total. The molecule has 2 aliphatic rings. The molecule has 25 heavy (non-hydrogen) atoms. The predicted octanol–water partition coefficient (Wildman–Crippen LogP) is -4.27. The van der Waals surface area contributed by atoms with Crippen molar-refractivity contribution >= 4 is 51.6 Å². The molecule has 0 radical (unpaired) electrons. The van der Waals surface area contributed by atoms with Crippen molar-refractivity contribution in [2.24, 2.45) is 0 Å². The summed E-state index contributed by atoms with van der Waals surface area (Å²) < 4.78 is 17.4. The molecule has 2 aromatic heterocycles. The molecule has 4 rings (SSSR count). The summed E-state index contributed by atoms with van der Waals surface area (Å²) in [5.41, 5.74) is 5.18. The summed E-state index contributed by atoms with van der Waals surface area (Å²) in [5, 5.41) is 10.5. The number of anilines is 1. The Bertz CT molecular complexity index is 940. The van der Waals surface area contributed by atoms with Crippen LogP contribution in [0.3, 0.4) is 0 Å². The first-order valence-electron chi connectivity index (χ1n) is 6.67. The molecule has 15 heteroatoms. The fraction of sp³-hybridized carbons (Fsp3) is 0.500. The van der Waals surface area contributed by atoms with E-state index in [1.54, 1.807) is 0 Å². The minimum Gasteiger partial charge on any atom is -0.780 e. The average molecular weight is 462 g/mol. The van der Waals surface area contributed by atoms with Crippen LogP contribution < -0.4 is 45.7 Å². The number of nitrogens with one attached hydrogen (secondary N) is 1. The number of aliphatic hydroxyl groups is 1. The maximum Gasteiger partial charge on any atom is 1.00 e. The van der Waals surface area contributed by atoms with Gasteiger partial charge in [0.05, 0.1) is 6.61 Å². The van der Waals surface area contributed by atoms with Crippen molar-refractivity contribution in [1.82, 2.24) is 19.5 Å². The van der Waals surface area contributed by atoms with E-state index in [1.165, 1.54) is 4.57 Å². The maximum atomic E-state index is 11.9. The Morgan fingerprint density at radius 2 is 2.24 bits per heavy atom. The molecule has 4 N–H and O–H groups in total. The summed E-state index contributed by atoms with van der Waals surface area (Å²) in [7, 11) is 0. The molecule has 0 aliphatic carbocycles. The van der Waals surface area contributed by atoms with Crippen LogP contribution in [0.4, 0.5) is 5.95 Å². The molecule has 0 saturated carbocycles. The largest absolute Gasteiger partial charge is 1.00 e. The van der Waals surface area contributed by atoms with Crippen molar-refractivity contribution in [1.29, 1.82) is 0 Å². The summed E-state index contributed by atoms with van der Waals surface area (Å²) in [6.07, 6.45) is -3.86. The normalized spacial score (nSPS) is 34.7. The van der Waals surface area contributed by atoms with E-state index in [-0.39, 0.29) is 58.0 Å². The fourth-order valence-corrected chi connectivity index (χ4v) is 4.72. The molecule has 2 aromatic rings. The van der Waals surface area contributed by atoms with Crippen LogP contribution in [0.5, 0.6) is 0 Å². The van der Waals surface area contributed by atoms with Crippen LogP contribution in [-0.4, -0.2) is 49.5 Å².